The molecule has 5 N–H and O–H groups in total. The van der Waals surface area contributed by atoms with Crippen molar-refractivity contribution in [3.05, 3.63) is 65.5 Å². The van der Waals surface area contributed by atoms with Gasteiger partial charge in [-0.05, 0) is 79.9 Å². The first-order valence-electron chi connectivity index (χ1n) is 12.0. The molecule has 1 fully saturated rings. The van der Waals surface area contributed by atoms with Gasteiger partial charge in [0.25, 0.3) is 5.91 Å². The monoisotopic (exact) mass is 517 g/mol. The van der Waals surface area contributed by atoms with E-state index in [1.54, 1.807) is 22.7 Å². The van der Waals surface area contributed by atoms with Crippen LogP contribution in [-0.4, -0.2) is 67.8 Å². The molecule has 2 aromatic heterocycles. The third kappa shape index (κ3) is 6.85. The van der Waals surface area contributed by atoms with Gasteiger partial charge in [0.2, 0.25) is 5.91 Å². The molecule has 0 spiro atoms. The fourth-order valence-corrected chi connectivity index (χ4v) is 5.37. The van der Waals surface area contributed by atoms with E-state index in [1.807, 2.05) is 24.9 Å². The highest BCUT2D eigenvalue weighted by molar-refractivity contribution is 7.97. The zero-order valence-electron chi connectivity index (χ0n) is 21.2. The van der Waals surface area contributed by atoms with Crippen molar-refractivity contribution in [1.82, 2.24) is 24.1 Å². The molecule has 36 heavy (non-hydrogen) atoms. The summed E-state index contributed by atoms with van der Waals surface area (Å²) < 4.78 is 4.23. The fourth-order valence-electron chi connectivity index (χ4n) is 4.42. The van der Waals surface area contributed by atoms with Crippen LogP contribution in [0.15, 0.2) is 53.7 Å². The van der Waals surface area contributed by atoms with Crippen molar-refractivity contribution in [3.8, 4) is 0 Å². The van der Waals surface area contributed by atoms with E-state index in [0.717, 1.165) is 37.0 Å². The predicted octanol–water partition coefficient (Wildman–Crippen LogP) is 2.94. The lowest BCUT2D eigenvalue weighted by Crippen LogP contribution is -2.30. The molecule has 3 aromatic rings. The van der Waals surface area contributed by atoms with Crippen molar-refractivity contribution < 1.29 is 22.0 Å². The molecule has 0 radical (unpaired) electrons. The number of hydrogen-bond donors (Lipinski definition) is 1. The Hall–Kier alpha value is -2.92. The van der Waals surface area contributed by atoms with Crippen molar-refractivity contribution in [2.24, 2.45) is 0 Å². The summed E-state index contributed by atoms with van der Waals surface area (Å²) in [6.45, 7) is 9.52. The number of aromatic nitrogens is 2. The molecule has 1 aliphatic rings. The summed E-state index contributed by atoms with van der Waals surface area (Å²) >= 11 is 1.80. The Morgan fingerprint density at radius 3 is 2.39 bits per heavy atom. The Morgan fingerprint density at radius 1 is 1.11 bits per heavy atom. The van der Waals surface area contributed by atoms with Crippen molar-refractivity contribution in [3.63, 3.8) is 0 Å². The second-order valence-electron chi connectivity index (χ2n) is 8.67. The Morgan fingerprint density at radius 2 is 1.78 bits per heavy atom. The second-order valence-corrected chi connectivity index (χ2v) is 9.84. The Balaban J connectivity index is 0.00000228. The fraction of sp³-hybridized carbons (Fsp3) is 0.423. The highest BCUT2D eigenvalue weighted by atomic mass is 32.2. The standard InChI is InChI=1S/C26H33N5O2S.2H2O.H2/c1-4-29(5-2)26(33)24-18-28-31-15-12-22(16-25(24)31)21-10-13-30(14-11-21)34-23-8-6-20(7-9-23)17-27-19(3)32;;;/h6-9,12,15-16,18,21H,4-5,10-11,13-14,17H2,1-3H3,(H,27,32);2*1H2;1H. The number of carbonyl (C=O) groups is 2. The second kappa shape index (κ2) is 13.4. The number of pyridine rings is 1. The number of nitrogens with one attached hydrogen (secondary N) is 1. The lowest BCUT2D eigenvalue weighted by Gasteiger charge is -2.31. The maximum atomic E-state index is 12.9. The minimum Gasteiger partial charge on any atom is -0.412 e. The average Bonchev–Trinajstić information content (AvgIpc) is 3.28. The zero-order valence-corrected chi connectivity index (χ0v) is 22.0. The average molecular weight is 518 g/mol. The van der Waals surface area contributed by atoms with Crippen LogP contribution in [0.5, 0.6) is 0 Å². The summed E-state index contributed by atoms with van der Waals surface area (Å²) in [4.78, 5) is 27.1. The number of fused-ring (bicyclic) bond motifs is 1. The number of nitrogens with zero attached hydrogens (tertiary/aromatic N) is 4. The van der Waals surface area contributed by atoms with Crippen LogP contribution in [0.3, 0.4) is 0 Å². The van der Waals surface area contributed by atoms with Crippen molar-refractivity contribution >= 4 is 29.3 Å². The zero-order chi connectivity index (χ0) is 24.1. The quantitative estimate of drug-likeness (QED) is 0.459. The summed E-state index contributed by atoms with van der Waals surface area (Å²) in [6.07, 6.45) is 5.84. The van der Waals surface area contributed by atoms with E-state index in [4.69, 9.17) is 0 Å². The van der Waals surface area contributed by atoms with Crippen LogP contribution in [0.1, 0.15) is 62.4 Å². The summed E-state index contributed by atoms with van der Waals surface area (Å²) in [7, 11) is 0. The van der Waals surface area contributed by atoms with Gasteiger partial charge in [-0.3, -0.25) is 9.59 Å². The van der Waals surface area contributed by atoms with Gasteiger partial charge in [-0.2, -0.15) is 5.10 Å². The Bertz CT molecular complexity index is 1150. The van der Waals surface area contributed by atoms with E-state index >= 15 is 0 Å². The van der Waals surface area contributed by atoms with Crippen LogP contribution in [-0.2, 0) is 11.3 Å². The smallest absolute Gasteiger partial charge is 0.257 e. The van der Waals surface area contributed by atoms with Gasteiger partial charge >= 0.3 is 0 Å². The summed E-state index contributed by atoms with van der Waals surface area (Å²) in [5, 5.41) is 7.23. The Kier molecular flexibility index (Phi) is 10.9. The molecule has 1 aliphatic heterocycles. The van der Waals surface area contributed by atoms with Gasteiger partial charge in [-0.1, -0.05) is 12.1 Å². The third-order valence-corrected chi connectivity index (χ3v) is 7.56. The van der Waals surface area contributed by atoms with E-state index in [9.17, 15) is 9.59 Å². The highest BCUT2D eigenvalue weighted by Crippen LogP contribution is 2.34. The van der Waals surface area contributed by atoms with Crippen LogP contribution in [0.2, 0.25) is 0 Å². The molecule has 3 heterocycles. The van der Waals surface area contributed by atoms with Gasteiger partial charge in [0.15, 0.2) is 0 Å². The van der Waals surface area contributed by atoms with Crippen LogP contribution in [0.4, 0.5) is 0 Å². The van der Waals surface area contributed by atoms with Gasteiger partial charge in [0.1, 0.15) is 0 Å². The molecule has 9 nitrogen and oxygen atoms in total. The van der Waals surface area contributed by atoms with Gasteiger partial charge in [-0.15, -0.1) is 0 Å². The summed E-state index contributed by atoms with van der Waals surface area (Å²) in [5.74, 6) is 0.514. The minimum atomic E-state index is -0.0135. The molecular weight excluding hydrogens is 478 g/mol. The molecular formula is C26H39N5O4S. The van der Waals surface area contributed by atoms with E-state index in [0.29, 0.717) is 31.1 Å². The number of piperidine rings is 1. The van der Waals surface area contributed by atoms with E-state index in [-0.39, 0.29) is 24.2 Å². The third-order valence-electron chi connectivity index (χ3n) is 6.45. The van der Waals surface area contributed by atoms with Crippen LogP contribution >= 0.6 is 11.9 Å². The summed E-state index contributed by atoms with van der Waals surface area (Å²) in [5.41, 5.74) is 3.96. The first-order valence-corrected chi connectivity index (χ1v) is 12.8. The molecule has 0 bridgehead atoms. The van der Waals surface area contributed by atoms with Crippen LogP contribution in [0.25, 0.3) is 5.52 Å². The molecule has 1 saturated heterocycles. The van der Waals surface area contributed by atoms with Crippen molar-refractivity contribution in [2.45, 2.75) is 51.0 Å². The largest absolute Gasteiger partial charge is 0.412 e. The van der Waals surface area contributed by atoms with Gasteiger partial charge in [0.05, 0.1) is 17.3 Å². The number of carbonyl (C=O) groups excluding carboxylic acids is 2. The van der Waals surface area contributed by atoms with Gasteiger partial charge in [0, 0.05) is 52.2 Å². The number of rotatable bonds is 8. The maximum Gasteiger partial charge on any atom is 0.257 e. The topological polar surface area (TPSA) is 133 Å². The maximum absolute atomic E-state index is 12.9. The molecule has 0 aliphatic carbocycles. The van der Waals surface area contributed by atoms with Crippen molar-refractivity contribution in [2.75, 3.05) is 26.2 Å². The normalized spacial score (nSPS) is 14.1. The summed E-state index contributed by atoms with van der Waals surface area (Å²) in [6, 6.07) is 12.7. The molecule has 10 heteroatoms. The molecule has 2 amide bonds. The Labute approximate surface area is 218 Å². The lowest BCUT2D eigenvalue weighted by molar-refractivity contribution is -0.119. The van der Waals surface area contributed by atoms with Crippen LogP contribution in [0, 0.1) is 0 Å². The van der Waals surface area contributed by atoms with E-state index in [2.05, 4.69) is 51.1 Å². The number of benzene rings is 1. The highest BCUT2D eigenvalue weighted by Gasteiger charge is 2.23. The van der Waals surface area contributed by atoms with Gasteiger partial charge in [-0.25, -0.2) is 8.82 Å². The van der Waals surface area contributed by atoms with Crippen LogP contribution < -0.4 is 5.32 Å². The van der Waals surface area contributed by atoms with E-state index in [1.165, 1.54) is 17.4 Å². The first-order chi connectivity index (χ1) is 16.5. The van der Waals surface area contributed by atoms with Gasteiger partial charge < -0.3 is 21.2 Å². The SMILES string of the molecule is CCN(CC)C(=O)c1cnn2ccc(C3CCN(Sc4ccc(CNC(C)=O)cc4)CC3)cc12.O.O.[HH]. The predicted molar refractivity (Wildman–Crippen MR) is 145 cm³/mol. The molecule has 4 rings (SSSR count). The molecule has 198 valence electrons. The molecule has 0 atom stereocenters. The van der Waals surface area contributed by atoms with Crippen molar-refractivity contribution in [1.29, 1.82) is 0 Å². The first kappa shape index (κ1) is 29.3. The number of hydrogen-bond acceptors (Lipinski definition) is 5. The minimum absolute atomic E-state index is 0. The number of amides is 2. The van der Waals surface area contributed by atoms with E-state index < -0.39 is 0 Å². The lowest BCUT2D eigenvalue weighted by atomic mass is 9.90. The molecule has 0 unspecified atom stereocenters. The molecule has 0 saturated carbocycles. The molecule has 1 aromatic carbocycles.